The van der Waals surface area contributed by atoms with E-state index in [0.29, 0.717) is 22.8 Å². The maximum atomic E-state index is 13.0. The molecule has 0 saturated heterocycles. The van der Waals surface area contributed by atoms with E-state index >= 15 is 0 Å². The molecule has 27 heavy (non-hydrogen) atoms. The lowest BCUT2D eigenvalue weighted by Crippen LogP contribution is -2.20. The molecule has 138 valence electrons. The Hall–Kier alpha value is -3.61. The van der Waals surface area contributed by atoms with Crippen molar-refractivity contribution in [1.29, 1.82) is 0 Å². The highest BCUT2D eigenvalue weighted by Crippen LogP contribution is 2.26. The summed E-state index contributed by atoms with van der Waals surface area (Å²) in [5, 5.41) is 12.9. The molecule has 2 aromatic carbocycles. The topological polar surface area (TPSA) is 96.7 Å². The number of ether oxygens (including phenoxy) is 1. The highest BCUT2D eigenvalue weighted by Gasteiger charge is 2.20. The van der Waals surface area contributed by atoms with Gasteiger partial charge in [0.05, 0.1) is 36.2 Å². The van der Waals surface area contributed by atoms with E-state index in [0.717, 1.165) is 0 Å². The number of esters is 1. The first kappa shape index (κ1) is 18.2. The number of nitrogens with one attached hydrogen (secondary N) is 1. The van der Waals surface area contributed by atoms with Crippen molar-refractivity contribution in [2.45, 2.75) is 13.3 Å². The van der Waals surface area contributed by atoms with Crippen molar-refractivity contribution in [3.8, 4) is 11.4 Å². The maximum Gasteiger partial charge on any atom is 0.311 e. The minimum absolute atomic E-state index is 0.00490. The van der Waals surface area contributed by atoms with E-state index in [1.165, 1.54) is 17.9 Å². The monoisotopic (exact) mass is 365 g/mol. The first-order valence-electron chi connectivity index (χ1n) is 8.31. The van der Waals surface area contributed by atoms with Gasteiger partial charge in [0.15, 0.2) is 0 Å². The zero-order valence-corrected chi connectivity index (χ0v) is 15.0. The third kappa shape index (κ3) is 3.82. The second-order valence-corrected chi connectivity index (χ2v) is 5.88. The number of para-hydroxylation sites is 3. The Kier molecular flexibility index (Phi) is 5.21. The highest BCUT2D eigenvalue weighted by atomic mass is 16.5. The zero-order chi connectivity index (χ0) is 19.4. The van der Waals surface area contributed by atoms with Gasteiger partial charge in [-0.3, -0.25) is 14.7 Å². The molecule has 1 aromatic heterocycles. The number of rotatable bonds is 5. The summed E-state index contributed by atoms with van der Waals surface area (Å²) < 4.78 is 6.09. The molecule has 0 fully saturated rings. The third-order valence-electron chi connectivity index (χ3n) is 4.06. The van der Waals surface area contributed by atoms with Gasteiger partial charge in [-0.15, -0.1) is 0 Å². The van der Waals surface area contributed by atoms with E-state index in [1.54, 1.807) is 37.3 Å². The lowest BCUT2D eigenvalue weighted by atomic mass is 10.1. The fraction of sp³-hybridized carbons (Fsp3) is 0.150. The molecule has 0 aliphatic carbocycles. The van der Waals surface area contributed by atoms with Crippen LogP contribution in [0.15, 0.2) is 64.4 Å². The maximum absolute atomic E-state index is 13.0. The van der Waals surface area contributed by atoms with E-state index in [4.69, 9.17) is 4.74 Å². The molecule has 0 unspecified atom stereocenters. The van der Waals surface area contributed by atoms with Crippen LogP contribution < -0.4 is 5.56 Å². The third-order valence-corrected chi connectivity index (χ3v) is 4.06. The molecule has 7 heteroatoms. The van der Waals surface area contributed by atoms with Gasteiger partial charge in [0.1, 0.15) is 11.4 Å². The number of benzene rings is 2. The summed E-state index contributed by atoms with van der Waals surface area (Å²) in [7, 11) is 1.29. The van der Waals surface area contributed by atoms with Gasteiger partial charge in [-0.25, -0.2) is 9.67 Å². The Morgan fingerprint density at radius 2 is 1.81 bits per heavy atom. The number of aliphatic imine (C=N–C) groups is 1. The molecule has 0 atom stereocenters. The summed E-state index contributed by atoms with van der Waals surface area (Å²) in [6, 6.07) is 15.6. The molecule has 1 heterocycles. The molecule has 0 spiro atoms. The van der Waals surface area contributed by atoms with Crippen LogP contribution in [0.4, 0.5) is 5.69 Å². The van der Waals surface area contributed by atoms with Gasteiger partial charge < -0.3 is 9.84 Å². The summed E-state index contributed by atoms with van der Waals surface area (Å²) in [6.07, 6.45) is -0.103. The lowest BCUT2D eigenvalue weighted by molar-refractivity contribution is -0.139. The Labute approximate surface area is 155 Å². The smallest absolute Gasteiger partial charge is 0.311 e. The predicted octanol–water partition coefficient (Wildman–Crippen LogP) is 2.73. The van der Waals surface area contributed by atoms with Gasteiger partial charge >= 0.3 is 5.97 Å². The fourth-order valence-electron chi connectivity index (χ4n) is 2.75. The predicted molar refractivity (Wildman–Crippen MR) is 102 cm³/mol. The molecule has 7 nitrogen and oxygen atoms in total. The molecule has 0 aliphatic heterocycles. The van der Waals surface area contributed by atoms with Crippen LogP contribution in [-0.2, 0) is 16.0 Å². The largest absolute Gasteiger partial charge is 0.506 e. The number of H-pyrrole nitrogens is 1. The number of phenols is 1. The lowest BCUT2D eigenvalue weighted by Gasteiger charge is -2.03. The summed E-state index contributed by atoms with van der Waals surface area (Å²) in [5.74, 6) is -0.474. The van der Waals surface area contributed by atoms with E-state index in [-0.39, 0.29) is 23.3 Å². The summed E-state index contributed by atoms with van der Waals surface area (Å²) in [5.41, 5.74) is 1.68. The molecule has 0 radical (unpaired) electrons. The number of aromatic amines is 1. The van der Waals surface area contributed by atoms with Crippen LogP contribution in [0.1, 0.15) is 18.2 Å². The Bertz CT molecular complexity index is 1050. The van der Waals surface area contributed by atoms with Gasteiger partial charge in [-0.05, 0) is 31.2 Å². The molecule has 3 rings (SSSR count). The minimum atomic E-state index is -0.479. The second-order valence-electron chi connectivity index (χ2n) is 5.88. The summed E-state index contributed by atoms with van der Waals surface area (Å²) in [4.78, 5) is 29.2. The van der Waals surface area contributed by atoms with E-state index in [1.807, 2.05) is 18.2 Å². The summed E-state index contributed by atoms with van der Waals surface area (Å²) >= 11 is 0. The Morgan fingerprint density at radius 3 is 2.48 bits per heavy atom. The van der Waals surface area contributed by atoms with E-state index in [9.17, 15) is 14.7 Å². The van der Waals surface area contributed by atoms with Crippen LogP contribution in [-0.4, -0.2) is 33.7 Å². The molecule has 2 N–H and O–H groups in total. The van der Waals surface area contributed by atoms with Gasteiger partial charge in [0, 0.05) is 0 Å². The number of methoxy groups -OCH3 is 1. The SMILES string of the molecule is COC(=O)Cc1[nH]n(-c2ccccc2)c(=O)c1C(C)=Nc1ccccc1O. The van der Waals surface area contributed by atoms with Crippen molar-refractivity contribution in [3.63, 3.8) is 0 Å². The van der Waals surface area contributed by atoms with Crippen molar-refractivity contribution < 1.29 is 14.6 Å². The number of hydrogen-bond donors (Lipinski definition) is 2. The van der Waals surface area contributed by atoms with Crippen molar-refractivity contribution in [2.24, 2.45) is 4.99 Å². The van der Waals surface area contributed by atoms with Gasteiger partial charge in [0.25, 0.3) is 5.56 Å². The van der Waals surface area contributed by atoms with Crippen LogP contribution in [0, 0.1) is 0 Å². The average Bonchev–Trinajstić information content (AvgIpc) is 3.00. The first-order chi connectivity index (χ1) is 13.0. The highest BCUT2D eigenvalue weighted by molar-refractivity contribution is 6.02. The quantitative estimate of drug-likeness (QED) is 0.537. The molecule has 0 saturated carbocycles. The van der Waals surface area contributed by atoms with Crippen molar-refractivity contribution in [3.05, 3.63) is 76.2 Å². The number of carbonyl (C=O) groups excluding carboxylic acids is 1. The number of aromatic nitrogens is 2. The van der Waals surface area contributed by atoms with Crippen LogP contribution in [0.5, 0.6) is 5.75 Å². The molecular weight excluding hydrogens is 346 g/mol. The van der Waals surface area contributed by atoms with Crippen molar-refractivity contribution >= 4 is 17.4 Å². The van der Waals surface area contributed by atoms with Crippen molar-refractivity contribution in [2.75, 3.05) is 7.11 Å². The molecule has 3 aromatic rings. The Balaban J connectivity index is 2.15. The van der Waals surface area contributed by atoms with Gasteiger partial charge in [-0.2, -0.15) is 0 Å². The number of aromatic hydroxyl groups is 1. The molecular formula is C20H19N3O4. The minimum Gasteiger partial charge on any atom is -0.506 e. The molecule has 0 aliphatic rings. The number of nitrogens with zero attached hydrogens (tertiary/aromatic N) is 2. The fourth-order valence-corrected chi connectivity index (χ4v) is 2.75. The van der Waals surface area contributed by atoms with Crippen LogP contribution in [0.2, 0.25) is 0 Å². The van der Waals surface area contributed by atoms with Crippen LogP contribution in [0.25, 0.3) is 5.69 Å². The average molecular weight is 365 g/mol. The van der Waals surface area contributed by atoms with Gasteiger partial charge in [0.2, 0.25) is 0 Å². The standard InChI is InChI=1S/C20H19N3O4/c1-13(21-15-10-6-7-11-17(15)24)19-16(12-18(25)27-2)22-23(20(19)26)14-8-4-3-5-9-14/h3-11,22,24H,12H2,1-2H3. The Morgan fingerprint density at radius 1 is 1.15 bits per heavy atom. The van der Waals surface area contributed by atoms with Crippen LogP contribution in [0.3, 0.4) is 0 Å². The molecule has 0 bridgehead atoms. The number of carbonyl (C=O) groups is 1. The van der Waals surface area contributed by atoms with Crippen LogP contribution >= 0.6 is 0 Å². The zero-order valence-electron chi connectivity index (χ0n) is 15.0. The molecule has 0 amide bonds. The van der Waals surface area contributed by atoms with E-state index in [2.05, 4.69) is 10.1 Å². The first-order valence-corrected chi connectivity index (χ1v) is 8.31. The second kappa shape index (κ2) is 7.74. The van der Waals surface area contributed by atoms with Gasteiger partial charge in [-0.1, -0.05) is 30.3 Å². The normalized spacial score (nSPS) is 11.4. The number of hydrogen-bond acceptors (Lipinski definition) is 5. The number of phenolic OH excluding ortho intramolecular Hbond substituents is 1. The summed E-state index contributed by atoms with van der Waals surface area (Å²) in [6.45, 7) is 1.66. The van der Waals surface area contributed by atoms with E-state index < -0.39 is 5.97 Å². The van der Waals surface area contributed by atoms with Crippen molar-refractivity contribution in [1.82, 2.24) is 9.78 Å².